The van der Waals surface area contributed by atoms with Crippen molar-refractivity contribution in [3.8, 4) is 11.5 Å². The van der Waals surface area contributed by atoms with Crippen molar-refractivity contribution in [2.24, 2.45) is 5.73 Å². The fraction of sp³-hybridized carbons (Fsp3) is 0.333. The van der Waals surface area contributed by atoms with Crippen LogP contribution in [-0.4, -0.2) is 7.11 Å². The van der Waals surface area contributed by atoms with E-state index in [0.717, 1.165) is 29.9 Å². The number of methoxy groups -OCH3 is 1. The molecule has 0 saturated heterocycles. The minimum absolute atomic E-state index is 0.0250. The van der Waals surface area contributed by atoms with Gasteiger partial charge in [-0.25, -0.2) is 0 Å². The minimum Gasteiger partial charge on any atom is -0.497 e. The first-order valence-electron chi connectivity index (χ1n) is 7.41. The van der Waals surface area contributed by atoms with Gasteiger partial charge in [0.25, 0.3) is 0 Å². The lowest BCUT2D eigenvalue weighted by atomic mass is 9.90. The van der Waals surface area contributed by atoms with E-state index in [-0.39, 0.29) is 12.1 Å². The molecule has 3 rings (SSSR count). The van der Waals surface area contributed by atoms with Crippen molar-refractivity contribution in [2.75, 3.05) is 7.11 Å². The van der Waals surface area contributed by atoms with Gasteiger partial charge in [-0.3, -0.25) is 0 Å². The van der Waals surface area contributed by atoms with Crippen LogP contribution in [0.5, 0.6) is 11.5 Å². The Bertz CT molecular complexity index is 639. The molecule has 0 bridgehead atoms. The number of rotatable bonds is 3. The van der Waals surface area contributed by atoms with Crippen molar-refractivity contribution in [2.45, 2.75) is 31.9 Å². The quantitative estimate of drug-likeness (QED) is 0.932. The predicted octanol–water partition coefficient (Wildman–Crippen LogP) is 3.78. The highest BCUT2D eigenvalue weighted by molar-refractivity contribution is 5.45. The van der Waals surface area contributed by atoms with Crippen LogP contribution in [0.25, 0.3) is 0 Å². The van der Waals surface area contributed by atoms with E-state index in [4.69, 9.17) is 15.2 Å². The molecule has 0 spiro atoms. The molecular formula is C18H21NO2. The first-order chi connectivity index (χ1) is 10.2. The highest BCUT2D eigenvalue weighted by atomic mass is 16.5. The average Bonchev–Trinajstić information content (AvgIpc) is 2.54. The van der Waals surface area contributed by atoms with Gasteiger partial charge in [0.2, 0.25) is 0 Å². The van der Waals surface area contributed by atoms with E-state index in [9.17, 15) is 0 Å². The molecule has 0 aromatic heterocycles. The van der Waals surface area contributed by atoms with Gasteiger partial charge in [-0.2, -0.15) is 0 Å². The summed E-state index contributed by atoms with van der Waals surface area (Å²) >= 11 is 0. The lowest BCUT2D eigenvalue weighted by Gasteiger charge is -2.31. The highest BCUT2D eigenvalue weighted by Gasteiger charge is 2.28. The van der Waals surface area contributed by atoms with E-state index in [1.165, 1.54) is 11.1 Å². The molecule has 3 nitrogen and oxygen atoms in total. The zero-order valence-electron chi connectivity index (χ0n) is 12.5. The summed E-state index contributed by atoms with van der Waals surface area (Å²) in [6, 6.07) is 14.3. The van der Waals surface area contributed by atoms with Crippen LogP contribution in [0.2, 0.25) is 0 Å². The Balaban J connectivity index is 1.95. The summed E-state index contributed by atoms with van der Waals surface area (Å²) in [5.74, 6) is 1.69. The van der Waals surface area contributed by atoms with Gasteiger partial charge in [0.1, 0.15) is 17.6 Å². The third-order valence-corrected chi connectivity index (χ3v) is 4.14. The van der Waals surface area contributed by atoms with Crippen LogP contribution in [0.4, 0.5) is 0 Å². The third-order valence-electron chi connectivity index (χ3n) is 4.14. The van der Waals surface area contributed by atoms with Crippen molar-refractivity contribution in [1.82, 2.24) is 0 Å². The first-order valence-corrected chi connectivity index (χ1v) is 7.41. The maximum absolute atomic E-state index is 6.35. The molecule has 3 heteroatoms. The minimum atomic E-state index is -0.0289. The van der Waals surface area contributed by atoms with Gasteiger partial charge >= 0.3 is 0 Å². The van der Waals surface area contributed by atoms with E-state index in [1.807, 2.05) is 18.2 Å². The molecule has 21 heavy (non-hydrogen) atoms. The maximum Gasteiger partial charge on any atom is 0.126 e. The Hall–Kier alpha value is -2.00. The van der Waals surface area contributed by atoms with Crippen molar-refractivity contribution in [3.63, 3.8) is 0 Å². The second-order valence-corrected chi connectivity index (χ2v) is 5.40. The summed E-state index contributed by atoms with van der Waals surface area (Å²) < 4.78 is 11.5. The number of hydrogen-bond acceptors (Lipinski definition) is 3. The maximum atomic E-state index is 6.35. The van der Waals surface area contributed by atoms with Crippen LogP contribution in [0.1, 0.15) is 42.2 Å². The molecule has 110 valence electrons. The molecule has 2 aromatic carbocycles. The van der Waals surface area contributed by atoms with Gasteiger partial charge in [0.05, 0.1) is 7.11 Å². The molecule has 0 saturated carbocycles. The zero-order chi connectivity index (χ0) is 14.8. The second kappa shape index (κ2) is 5.78. The Kier molecular flexibility index (Phi) is 3.84. The summed E-state index contributed by atoms with van der Waals surface area (Å²) in [5, 5.41) is 0. The molecule has 0 radical (unpaired) electrons. The number of aryl methyl sites for hydroxylation is 1. The second-order valence-electron chi connectivity index (χ2n) is 5.40. The van der Waals surface area contributed by atoms with Gasteiger partial charge in [-0.05, 0) is 35.7 Å². The number of ether oxygens (including phenoxy) is 2. The molecule has 1 aliphatic rings. The molecule has 0 amide bonds. The van der Waals surface area contributed by atoms with Crippen LogP contribution in [0.3, 0.4) is 0 Å². The average molecular weight is 283 g/mol. The predicted molar refractivity (Wildman–Crippen MR) is 83.7 cm³/mol. The molecule has 0 fully saturated rings. The standard InChI is InChI=1S/C18H21NO2/c1-3-12-6-4-5-7-14(12)18-11-16(19)15-10-13(20-2)8-9-17(15)21-18/h4-10,16,18H,3,11,19H2,1-2H3/t16-,18?/m1/s1. The number of benzene rings is 2. The SMILES string of the molecule is CCc1ccccc1C1C[C@@H](N)c2cc(OC)ccc2O1. The van der Waals surface area contributed by atoms with Crippen LogP contribution in [0, 0.1) is 0 Å². The number of fused-ring (bicyclic) bond motifs is 1. The van der Waals surface area contributed by atoms with Crippen LogP contribution >= 0.6 is 0 Å². The monoisotopic (exact) mass is 283 g/mol. The smallest absolute Gasteiger partial charge is 0.126 e. The summed E-state index contributed by atoms with van der Waals surface area (Å²) in [5.41, 5.74) is 9.95. The van der Waals surface area contributed by atoms with Crippen molar-refractivity contribution < 1.29 is 9.47 Å². The fourth-order valence-electron chi connectivity index (χ4n) is 2.97. The van der Waals surface area contributed by atoms with E-state index in [0.29, 0.717) is 0 Å². The Morgan fingerprint density at radius 1 is 1.19 bits per heavy atom. The van der Waals surface area contributed by atoms with E-state index >= 15 is 0 Å². The van der Waals surface area contributed by atoms with Crippen molar-refractivity contribution >= 4 is 0 Å². The zero-order valence-corrected chi connectivity index (χ0v) is 12.5. The topological polar surface area (TPSA) is 44.5 Å². The lowest BCUT2D eigenvalue weighted by Crippen LogP contribution is -2.24. The molecule has 2 N–H and O–H groups in total. The molecule has 0 aliphatic carbocycles. The van der Waals surface area contributed by atoms with Gasteiger partial charge in [-0.15, -0.1) is 0 Å². The number of hydrogen-bond donors (Lipinski definition) is 1. The largest absolute Gasteiger partial charge is 0.497 e. The van der Waals surface area contributed by atoms with Crippen LogP contribution in [-0.2, 0) is 6.42 Å². The van der Waals surface area contributed by atoms with Gasteiger partial charge in [0, 0.05) is 18.0 Å². The molecule has 1 heterocycles. The van der Waals surface area contributed by atoms with Crippen molar-refractivity contribution in [1.29, 1.82) is 0 Å². The lowest BCUT2D eigenvalue weighted by molar-refractivity contribution is 0.160. The fourth-order valence-corrected chi connectivity index (χ4v) is 2.97. The van der Waals surface area contributed by atoms with Crippen LogP contribution in [0.15, 0.2) is 42.5 Å². The first kappa shape index (κ1) is 14.0. The Morgan fingerprint density at radius 2 is 2.00 bits per heavy atom. The van der Waals surface area contributed by atoms with Crippen molar-refractivity contribution in [3.05, 3.63) is 59.2 Å². The molecule has 2 aromatic rings. The highest BCUT2D eigenvalue weighted by Crippen LogP contribution is 2.41. The number of nitrogens with two attached hydrogens (primary N) is 1. The van der Waals surface area contributed by atoms with Gasteiger partial charge in [0.15, 0.2) is 0 Å². The summed E-state index contributed by atoms with van der Waals surface area (Å²) in [6.45, 7) is 2.17. The summed E-state index contributed by atoms with van der Waals surface area (Å²) in [7, 11) is 1.66. The van der Waals surface area contributed by atoms with Crippen LogP contribution < -0.4 is 15.2 Å². The molecular weight excluding hydrogens is 262 g/mol. The van der Waals surface area contributed by atoms with Gasteiger partial charge < -0.3 is 15.2 Å². The Labute approximate surface area is 125 Å². The molecule has 1 unspecified atom stereocenters. The van der Waals surface area contributed by atoms with E-state index in [1.54, 1.807) is 7.11 Å². The molecule has 2 atom stereocenters. The normalized spacial score (nSPS) is 20.5. The molecule has 1 aliphatic heterocycles. The summed E-state index contributed by atoms with van der Waals surface area (Å²) in [6.07, 6.45) is 1.81. The van der Waals surface area contributed by atoms with E-state index < -0.39 is 0 Å². The summed E-state index contributed by atoms with van der Waals surface area (Å²) in [4.78, 5) is 0. The third kappa shape index (κ3) is 2.61. The Morgan fingerprint density at radius 3 is 2.76 bits per heavy atom. The van der Waals surface area contributed by atoms with E-state index in [2.05, 4.69) is 31.2 Å². The van der Waals surface area contributed by atoms with Gasteiger partial charge in [-0.1, -0.05) is 31.2 Å².